The number of anilines is 1. The van der Waals surface area contributed by atoms with E-state index in [9.17, 15) is 9.50 Å². The molecule has 2 aliphatic heterocycles. The van der Waals surface area contributed by atoms with Crippen LogP contribution in [0.4, 0.5) is 10.1 Å². The van der Waals surface area contributed by atoms with E-state index in [0.29, 0.717) is 5.92 Å². The van der Waals surface area contributed by atoms with Gasteiger partial charge in [0.2, 0.25) is 0 Å². The molecule has 2 heterocycles. The number of nitrogens with one attached hydrogen (secondary N) is 1. The molecule has 0 aromatic heterocycles. The fourth-order valence-electron chi connectivity index (χ4n) is 3.41. The first kappa shape index (κ1) is 16.5. The lowest BCUT2D eigenvalue weighted by Gasteiger charge is -2.32. The van der Waals surface area contributed by atoms with E-state index in [1.54, 1.807) is 0 Å². The van der Waals surface area contributed by atoms with Gasteiger partial charge in [-0.25, -0.2) is 4.39 Å². The van der Waals surface area contributed by atoms with Crippen molar-refractivity contribution in [2.75, 3.05) is 31.1 Å². The van der Waals surface area contributed by atoms with Crippen molar-refractivity contribution < 1.29 is 9.50 Å². The number of fused-ring (bicyclic) bond motifs is 1. The summed E-state index contributed by atoms with van der Waals surface area (Å²) in [5.74, 6) is 0.390. The molecule has 2 atom stereocenters. The highest BCUT2D eigenvalue weighted by molar-refractivity contribution is 5.85. The van der Waals surface area contributed by atoms with E-state index in [1.807, 2.05) is 6.07 Å². The van der Waals surface area contributed by atoms with Crippen LogP contribution in [0.3, 0.4) is 0 Å². The van der Waals surface area contributed by atoms with Crippen molar-refractivity contribution in [2.24, 2.45) is 5.92 Å². The zero-order valence-corrected chi connectivity index (χ0v) is 13.0. The van der Waals surface area contributed by atoms with E-state index in [1.165, 1.54) is 25.0 Å². The Morgan fingerprint density at radius 3 is 2.90 bits per heavy atom. The molecule has 21 heavy (non-hydrogen) atoms. The van der Waals surface area contributed by atoms with Crippen LogP contribution in [-0.4, -0.2) is 31.3 Å². The van der Waals surface area contributed by atoms with Crippen LogP contribution in [0.2, 0.25) is 0 Å². The fourth-order valence-corrected chi connectivity index (χ4v) is 3.41. The quantitative estimate of drug-likeness (QED) is 0.881. The maximum atomic E-state index is 13.4. The average molecular weight is 315 g/mol. The number of hydrogen-bond acceptors (Lipinski definition) is 3. The van der Waals surface area contributed by atoms with Crippen molar-refractivity contribution in [3.05, 3.63) is 29.6 Å². The second kappa shape index (κ2) is 7.43. The zero-order chi connectivity index (χ0) is 13.9. The van der Waals surface area contributed by atoms with Gasteiger partial charge in [-0.15, -0.1) is 12.4 Å². The minimum Gasteiger partial charge on any atom is -0.388 e. The highest BCUT2D eigenvalue weighted by Crippen LogP contribution is 2.34. The lowest BCUT2D eigenvalue weighted by molar-refractivity contribution is 0.168. The van der Waals surface area contributed by atoms with Crippen LogP contribution in [0.5, 0.6) is 0 Å². The number of hydrogen-bond donors (Lipinski definition) is 2. The summed E-state index contributed by atoms with van der Waals surface area (Å²) in [6.07, 6.45) is 3.63. The third-order valence-electron chi connectivity index (χ3n) is 4.47. The van der Waals surface area contributed by atoms with E-state index < -0.39 is 6.10 Å². The second-order valence-electron chi connectivity index (χ2n) is 6.02. The van der Waals surface area contributed by atoms with Crippen LogP contribution in [0.1, 0.15) is 37.4 Å². The van der Waals surface area contributed by atoms with Crippen molar-refractivity contribution in [1.82, 2.24) is 5.32 Å². The third-order valence-corrected chi connectivity index (χ3v) is 4.47. The lowest BCUT2D eigenvalue weighted by Crippen LogP contribution is -2.38. The lowest BCUT2D eigenvalue weighted by atomic mass is 9.98. The number of benzene rings is 1. The number of rotatable bonds is 2. The van der Waals surface area contributed by atoms with Crippen LogP contribution >= 0.6 is 12.4 Å². The van der Waals surface area contributed by atoms with E-state index in [2.05, 4.69) is 10.2 Å². The topological polar surface area (TPSA) is 35.5 Å². The summed E-state index contributed by atoms with van der Waals surface area (Å²) in [5, 5.41) is 13.6. The summed E-state index contributed by atoms with van der Waals surface area (Å²) < 4.78 is 13.4. The highest BCUT2D eigenvalue weighted by atomic mass is 35.5. The molecule has 0 saturated carbocycles. The molecule has 3 rings (SSSR count). The van der Waals surface area contributed by atoms with Crippen LogP contribution in [0, 0.1) is 11.7 Å². The molecular formula is C16H24ClFN2O. The molecule has 0 spiro atoms. The number of aliphatic hydroxyl groups is 1. The maximum absolute atomic E-state index is 13.4. The van der Waals surface area contributed by atoms with E-state index in [4.69, 9.17) is 0 Å². The van der Waals surface area contributed by atoms with Crippen molar-refractivity contribution in [3.63, 3.8) is 0 Å². The molecule has 3 nitrogen and oxygen atoms in total. The molecule has 2 N–H and O–H groups in total. The first-order chi connectivity index (χ1) is 9.74. The zero-order valence-electron chi connectivity index (χ0n) is 12.2. The Balaban J connectivity index is 0.00000161. The van der Waals surface area contributed by atoms with Gasteiger partial charge in [0.15, 0.2) is 0 Å². The number of nitrogens with zero attached hydrogens (tertiary/aromatic N) is 1. The summed E-state index contributed by atoms with van der Waals surface area (Å²) >= 11 is 0. The van der Waals surface area contributed by atoms with Crippen molar-refractivity contribution in [3.8, 4) is 0 Å². The first-order valence-electron chi connectivity index (χ1n) is 7.67. The Kier molecular flexibility index (Phi) is 5.85. The number of piperidine rings is 1. The maximum Gasteiger partial charge on any atom is 0.123 e. The Hall–Kier alpha value is -0.840. The molecule has 0 amide bonds. The molecule has 0 bridgehead atoms. The predicted molar refractivity (Wildman–Crippen MR) is 85.6 cm³/mol. The molecule has 5 heteroatoms. The summed E-state index contributed by atoms with van der Waals surface area (Å²) in [5.41, 5.74) is 1.77. The van der Waals surface area contributed by atoms with Crippen molar-refractivity contribution in [2.45, 2.75) is 31.8 Å². The highest BCUT2D eigenvalue weighted by Gasteiger charge is 2.24. The SMILES string of the molecule is Cl.OC1CCCN(CC2CCCNC2)c2ccc(F)cc21. The summed E-state index contributed by atoms with van der Waals surface area (Å²) in [7, 11) is 0. The molecule has 0 aliphatic carbocycles. The fraction of sp³-hybridized carbons (Fsp3) is 0.625. The minimum atomic E-state index is -0.532. The van der Waals surface area contributed by atoms with Gasteiger partial charge in [0.25, 0.3) is 0 Å². The summed E-state index contributed by atoms with van der Waals surface area (Å²) in [4.78, 5) is 2.34. The molecule has 118 valence electrons. The van der Waals surface area contributed by atoms with Crippen LogP contribution in [0.15, 0.2) is 18.2 Å². The summed E-state index contributed by atoms with van der Waals surface area (Å²) in [6.45, 7) is 4.14. The minimum absolute atomic E-state index is 0. The van der Waals surface area contributed by atoms with Gasteiger partial charge in [-0.3, -0.25) is 0 Å². The molecule has 1 aromatic rings. The van der Waals surface area contributed by atoms with Gasteiger partial charge < -0.3 is 15.3 Å². The van der Waals surface area contributed by atoms with Gasteiger partial charge in [-0.1, -0.05) is 0 Å². The summed E-state index contributed by atoms with van der Waals surface area (Å²) in [6, 6.07) is 4.83. The van der Waals surface area contributed by atoms with Gasteiger partial charge in [0.05, 0.1) is 6.10 Å². The molecule has 2 aliphatic rings. The van der Waals surface area contributed by atoms with Crippen molar-refractivity contribution >= 4 is 18.1 Å². The van der Waals surface area contributed by atoms with Crippen molar-refractivity contribution in [1.29, 1.82) is 0 Å². The van der Waals surface area contributed by atoms with E-state index in [-0.39, 0.29) is 18.2 Å². The van der Waals surface area contributed by atoms with Crippen LogP contribution in [0.25, 0.3) is 0 Å². The Bertz CT molecular complexity index is 466. The number of aliphatic hydroxyl groups excluding tert-OH is 1. The van der Waals surface area contributed by atoms with Gasteiger partial charge in [0, 0.05) is 24.3 Å². The monoisotopic (exact) mass is 314 g/mol. The van der Waals surface area contributed by atoms with E-state index in [0.717, 1.165) is 50.3 Å². The Morgan fingerprint density at radius 1 is 1.29 bits per heavy atom. The van der Waals surface area contributed by atoms with Crippen LogP contribution in [-0.2, 0) is 0 Å². The second-order valence-corrected chi connectivity index (χ2v) is 6.02. The van der Waals surface area contributed by atoms with Gasteiger partial charge in [-0.05, 0) is 62.9 Å². The van der Waals surface area contributed by atoms with E-state index >= 15 is 0 Å². The van der Waals surface area contributed by atoms with Gasteiger partial charge >= 0.3 is 0 Å². The molecule has 2 unspecified atom stereocenters. The molecule has 1 fully saturated rings. The molecule has 1 saturated heterocycles. The standard InChI is InChI=1S/C16H23FN2O.ClH/c17-13-5-6-15-14(9-13)16(20)4-2-8-19(15)11-12-3-1-7-18-10-12;/h5-6,9,12,16,18,20H,1-4,7-8,10-11H2;1H. The van der Waals surface area contributed by atoms with Gasteiger partial charge in [0.1, 0.15) is 5.82 Å². The Labute approximate surface area is 131 Å². The molecular weight excluding hydrogens is 291 g/mol. The number of halogens is 2. The normalized spacial score (nSPS) is 25.7. The molecule has 1 aromatic carbocycles. The molecule has 0 radical (unpaired) electrons. The average Bonchev–Trinajstić information content (AvgIpc) is 2.60. The predicted octanol–water partition coefficient (Wildman–Crippen LogP) is 2.88. The Morgan fingerprint density at radius 2 is 2.14 bits per heavy atom. The third kappa shape index (κ3) is 3.87. The first-order valence-corrected chi connectivity index (χ1v) is 7.67. The van der Waals surface area contributed by atoms with Crippen LogP contribution < -0.4 is 10.2 Å². The van der Waals surface area contributed by atoms with Gasteiger partial charge in [-0.2, -0.15) is 0 Å². The smallest absolute Gasteiger partial charge is 0.123 e. The largest absolute Gasteiger partial charge is 0.388 e.